The molecule has 1 rings (SSSR count). The summed E-state index contributed by atoms with van der Waals surface area (Å²) in [6.07, 6.45) is 0. The number of piperazine rings is 1. The summed E-state index contributed by atoms with van der Waals surface area (Å²) in [7, 11) is 7.98. The van der Waals surface area contributed by atoms with Crippen LogP contribution >= 0.6 is 0 Å². The molecule has 1 fully saturated rings. The van der Waals surface area contributed by atoms with Crippen LogP contribution in [-0.2, 0) is 24.0 Å². The number of carboxylic acids is 1. The number of carbonyl (C=O) groups is 5. The number of nitrogens with zero attached hydrogens (tertiary/aromatic N) is 5. The van der Waals surface area contributed by atoms with Crippen LogP contribution in [0.2, 0.25) is 0 Å². The summed E-state index contributed by atoms with van der Waals surface area (Å²) < 4.78 is 0. The molecule has 1 saturated heterocycles. The third-order valence-electron chi connectivity index (χ3n) is 10.1. The topological polar surface area (TPSA) is 158 Å². The minimum absolute atomic E-state index is 0.0248. The number of hydrogen-bond donors (Lipinski definition) is 4. The van der Waals surface area contributed by atoms with Gasteiger partial charge in [-0.1, -0.05) is 62.3 Å². The molecule has 0 aliphatic carbocycles. The Morgan fingerprint density at radius 3 is 1.19 bits per heavy atom. The van der Waals surface area contributed by atoms with Gasteiger partial charge in [-0.05, 0) is 90.5 Å². The highest BCUT2D eigenvalue weighted by Crippen LogP contribution is 2.18. The van der Waals surface area contributed by atoms with Crippen LogP contribution in [0.15, 0.2) is 0 Å². The lowest BCUT2D eigenvalue weighted by Gasteiger charge is -2.39. The van der Waals surface area contributed by atoms with E-state index in [-0.39, 0.29) is 52.2 Å². The molecule has 14 nitrogen and oxygen atoms in total. The van der Waals surface area contributed by atoms with Gasteiger partial charge in [0.1, 0.15) is 12.1 Å². The number of amides is 4. The van der Waals surface area contributed by atoms with Gasteiger partial charge in [-0.25, -0.2) is 4.79 Å². The van der Waals surface area contributed by atoms with Crippen molar-refractivity contribution in [2.75, 3.05) is 80.5 Å². The summed E-state index contributed by atoms with van der Waals surface area (Å²) in [5.41, 5.74) is -1.44. The monoisotopic (exact) mass is 813 g/mol. The van der Waals surface area contributed by atoms with E-state index in [0.717, 1.165) is 32.7 Å². The first-order valence-electron chi connectivity index (χ1n) is 20.5. The number of hydrogen-bond acceptors (Lipinski definition) is 9. The van der Waals surface area contributed by atoms with Crippen molar-refractivity contribution in [3.05, 3.63) is 0 Å². The standard InChI is InChI=1S/C18H36N4O2.C13H26N2O3.C12H26N2O/c1-17(2,3)16(24)19-14(13-21(8)18(4,5)6)15(23)22-11-9-20(7)10-12-22;1-12(2,3)11(18)14-9(10(16)17)8-15(7)13(4,5)6;1-11(2,3)10(15)13-8-9-14(7)12(4,5)6/h14H,9-13H2,1-8H3,(H,19,24);9H,8H2,1-7H3,(H,14,18)(H,16,17);8-9H2,1-7H3,(H,13,15). The van der Waals surface area contributed by atoms with Crippen molar-refractivity contribution in [1.29, 1.82) is 0 Å². The lowest BCUT2D eigenvalue weighted by molar-refractivity contribution is -0.144. The third-order valence-corrected chi connectivity index (χ3v) is 10.1. The van der Waals surface area contributed by atoms with Crippen molar-refractivity contribution in [3.8, 4) is 0 Å². The molecule has 4 amide bonds. The molecule has 0 spiro atoms. The Morgan fingerprint density at radius 1 is 0.544 bits per heavy atom. The highest BCUT2D eigenvalue weighted by atomic mass is 16.4. The molecule has 2 unspecified atom stereocenters. The molecule has 336 valence electrons. The van der Waals surface area contributed by atoms with E-state index in [0.29, 0.717) is 13.1 Å². The Bertz CT molecular complexity index is 1270. The van der Waals surface area contributed by atoms with E-state index in [4.69, 9.17) is 5.11 Å². The van der Waals surface area contributed by atoms with Gasteiger partial charge >= 0.3 is 5.97 Å². The molecule has 1 heterocycles. The van der Waals surface area contributed by atoms with E-state index in [9.17, 15) is 24.0 Å². The van der Waals surface area contributed by atoms with Gasteiger partial charge in [-0.3, -0.25) is 33.9 Å². The SMILES string of the molecule is CN(CC(NC(=O)C(C)(C)C)C(=O)O)C(C)(C)C.CN(CCNC(=O)C(C)(C)C)C(C)(C)C.CN1CCN(C(=O)C(CN(C)C(C)(C)C)NC(=O)C(C)(C)C)CC1. The molecular weight excluding hydrogens is 725 g/mol. The van der Waals surface area contributed by atoms with Gasteiger partial charge < -0.3 is 30.9 Å². The normalized spacial score (nSPS) is 15.8. The molecule has 0 aromatic heterocycles. The van der Waals surface area contributed by atoms with Crippen molar-refractivity contribution in [1.82, 2.24) is 40.4 Å². The van der Waals surface area contributed by atoms with Gasteiger partial charge in [0.25, 0.3) is 0 Å². The van der Waals surface area contributed by atoms with Crippen LogP contribution in [0.1, 0.15) is 125 Å². The molecule has 1 aliphatic heterocycles. The first kappa shape index (κ1) is 56.3. The van der Waals surface area contributed by atoms with Gasteiger partial charge in [-0.15, -0.1) is 0 Å². The van der Waals surface area contributed by atoms with Crippen molar-refractivity contribution in [3.63, 3.8) is 0 Å². The zero-order valence-corrected chi connectivity index (χ0v) is 40.5. The third kappa shape index (κ3) is 23.4. The number of carboxylic acid groups (broad SMARTS) is 1. The Hall–Kier alpha value is -2.81. The predicted molar refractivity (Wildman–Crippen MR) is 234 cm³/mol. The zero-order valence-electron chi connectivity index (χ0n) is 40.5. The highest BCUT2D eigenvalue weighted by Gasteiger charge is 2.34. The Labute approximate surface area is 348 Å². The van der Waals surface area contributed by atoms with Crippen LogP contribution in [-0.4, -0.2) is 168 Å². The fourth-order valence-corrected chi connectivity index (χ4v) is 4.40. The smallest absolute Gasteiger partial charge is 0.327 e. The molecule has 0 bridgehead atoms. The predicted octanol–water partition coefficient (Wildman–Crippen LogP) is 4.23. The quantitative estimate of drug-likeness (QED) is 0.238. The van der Waals surface area contributed by atoms with Gasteiger partial charge in [0.2, 0.25) is 23.6 Å². The first-order valence-corrected chi connectivity index (χ1v) is 20.5. The van der Waals surface area contributed by atoms with E-state index < -0.39 is 28.9 Å². The molecule has 1 aliphatic rings. The maximum absolute atomic E-state index is 13.0. The minimum atomic E-state index is -1.01. The van der Waals surface area contributed by atoms with E-state index in [1.54, 1.807) is 20.8 Å². The number of rotatable bonds is 11. The van der Waals surface area contributed by atoms with E-state index in [1.807, 2.05) is 86.2 Å². The highest BCUT2D eigenvalue weighted by molar-refractivity contribution is 5.90. The molecule has 57 heavy (non-hydrogen) atoms. The maximum atomic E-state index is 13.0. The molecule has 0 aromatic carbocycles. The summed E-state index contributed by atoms with van der Waals surface area (Å²) in [6.45, 7) is 41.0. The summed E-state index contributed by atoms with van der Waals surface area (Å²) in [6, 6.07) is -1.40. The number of carbonyl (C=O) groups excluding carboxylic acids is 4. The Balaban J connectivity index is 0. The van der Waals surface area contributed by atoms with Crippen molar-refractivity contribution < 1.29 is 29.1 Å². The van der Waals surface area contributed by atoms with Crippen molar-refractivity contribution >= 4 is 29.6 Å². The second-order valence-corrected chi connectivity index (χ2v) is 21.7. The van der Waals surface area contributed by atoms with Crippen LogP contribution in [0.4, 0.5) is 0 Å². The van der Waals surface area contributed by atoms with Gasteiger partial charge in [0.15, 0.2) is 0 Å². The van der Waals surface area contributed by atoms with Crippen LogP contribution < -0.4 is 16.0 Å². The van der Waals surface area contributed by atoms with Crippen LogP contribution in [0.3, 0.4) is 0 Å². The minimum Gasteiger partial charge on any atom is -0.480 e. The fourth-order valence-electron chi connectivity index (χ4n) is 4.40. The fraction of sp³-hybridized carbons (Fsp3) is 0.884. The lowest BCUT2D eigenvalue weighted by Crippen LogP contribution is -2.59. The molecule has 2 atom stereocenters. The second kappa shape index (κ2) is 22.5. The average Bonchev–Trinajstić information content (AvgIpc) is 3.01. The molecule has 14 heteroatoms. The molecule has 0 saturated carbocycles. The average molecular weight is 813 g/mol. The van der Waals surface area contributed by atoms with Crippen LogP contribution in [0.25, 0.3) is 0 Å². The van der Waals surface area contributed by atoms with Gasteiger partial charge in [0, 0.05) is 85.2 Å². The second-order valence-electron chi connectivity index (χ2n) is 21.7. The number of likely N-dealkylation sites (N-methyl/N-ethyl adjacent to an activating group) is 4. The molecular formula is C43H88N8O6. The van der Waals surface area contributed by atoms with Gasteiger partial charge in [0.05, 0.1) is 0 Å². The van der Waals surface area contributed by atoms with E-state index >= 15 is 0 Å². The van der Waals surface area contributed by atoms with Crippen LogP contribution in [0.5, 0.6) is 0 Å². The summed E-state index contributed by atoms with van der Waals surface area (Å²) >= 11 is 0. The molecule has 4 N–H and O–H groups in total. The van der Waals surface area contributed by atoms with E-state index in [1.165, 1.54) is 0 Å². The summed E-state index contributed by atoms with van der Waals surface area (Å²) in [5.74, 6) is -1.21. The molecule has 0 aromatic rings. The van der Waals surface area contributed by atoms with Crippen molar-refractivity contribution in [2.45, 2.75) is 153 Å². The Kier molecular flexibility index (Phi) is 22.2. The first-order chi connectivity index (χ1) is 25.2. The largest absolute Gasteiger partial charge is 0.480 e. The summed E-state index contributed by atoms with van der Waals surface area (Å²) in [4.78, 5) is 70.4. The number of nitrogens with one attached hydrogen (secondary N) is 3. The van der Waals surface area contributed by atoms with Crippen LogP contribution in [0, 0.1) is 16.2 Å². The number of aliphatic carboxylic acids is 1. The van der Waals surface area contributed by atoms with E-state index in [2.05, 4.69) is 86.3 Å². The zero-order chi connectivity index (χ0) is 45.7. The molecule has 0 radical (unpaired) electrons. The summed E-state index contributed by atoms with van der Waals surface area (Å²) in [5, 5.41) is 17.7. The Morgan fingerprint density at radius 2 is 0.877 bits per heavy atom. The lowest BCUT2D eigenvalue weighted by atomic mass is 9.95. The maximum Gasteiger partial charge on any atom is 0.327 e. The van der Waals surface area contributed by atoms with Gasteiger partial charge in [-0.2, -0.15) is 0 Å². The van der Waals surface area contributed by atoms with Crippen molar-refractivity contribution in [2.24, 2.45) is 16.2 Å².